The maximum absolute atomic E-state index is 12.7. The first kappa shape index (κ1) is 10.6. The molecule has 1 saturated heterocycles. The van der Waals surface area contributed by atoms with Crippen LogP contribution >= 0.6 is 0 Å². The molecular formula is C16H29BN2O4. The van der Waals surface area contributed by atoms with Crippen molar-refractivity contribution in [2.24, 2.45) is 0 Å². The molecule has 0 unspecified atom stereocenters. The van der Waals surface area contributed by atoms with Crippen molar-refractivity contribution in [2.45, 2.75) is 65.3 Å². The van der Waals surface area contributed by atoms with Gasteiger partial charge in [-0.1, -0.05) is 0 Å². The van der Waals surface area contributed by atoms with Gasteiger partial charge in [0.1, 0.15) is 5.60 Å². The molecule has 0 bridgehead atoms. The van der Waals surface area contributed by atoms with Crippen LogP contribution in [0, 0.1) is 0 Å². The number of rotatable bonds is 1. The molecule has 23 heavy (non-hydrogen) atoms. The van der Waals surface area contributed by atoms with Gasteiger partial charge in [0.15, 0.2) is 0 Å². The van der Waals surface area contributed by atoms with Crippen molar-refractivity contribution in [2.75, 3.05) is 20.0 Å². The van der Waals surface area contributed by atoms with Gasteiger partial charge in [-0.05, 0) is 48.5 Å². The highest BCUT2D eigenvalue weighted by atomic mass is 16.7. The molecule has 2 heterocycles. The third kappa shape index (κ3) is 3.83. The fraction of sp³-hybridized carbons (Fsp3) is 0.812. The summed E-state index contributed by atoms with van der Waals surface area (Å²) in [5.41, 5.74) is -3.09. The maximum atomic E-state index is 12.7. The van der Waals surface area contributed by atoms with Crippen LogP contribution in [-0.2, 0) is 14.0 Å². The van der Waals surface area contributed by atoms with Gasteiger partial charge in [-0.15, -0.1) is 0 Å². The molecule has 0 N–H and O–H groups in total. The van der Waals surface area contributed by atoms with Crippen molar-refractivity contribution in [1.29, 1.82) is 0 Å². The fourth-order valence-electron chi connectivity index (χ4n) is 1.93. The first-order chi connectivity index (χ1) is 13.0. The Kier molecular flexibility index (Phi) is 2.63. The molecule has 0 atom stereocenters. The second-order valence-electron chi connectivity index (χ2n) is 7.55. The predicted octanol–water partition coefficient (Wildman–Crippen LogP) is 2.64. The molecule has 0 aromatic carbocycles. The molecule has 2 aliphatic heterocycles. The Bertz CT molecular complexity index is 731. The zero-order valence-corrected chi connectivity index (χ0v) is 14.7. The monoisotopic (exact) mass is 331 g/mol. The van der Waals surface area contributed by atoms with Crippen molar-refractivity contribution in [3.63, 3.8) is 0 Å². The average molecular weight is 331 g/mol. The lowest BCUT2D eigenvalue weighted by Crippen LogP contribution is -2.45. The van der Waals surface area contributed by atoms with Gasteiger partial charge in [0.05, 0.1) is 22.3 Å². The molecule has 130 valence electrons. The maximum Gasteiger partial charge on any atom is 0.513 e. The molecule has 1 fully saturated rings. The Morgan fingerprint density at radius 2 is 1.87 bits per heavy atom. The summed E-state index contributed by atoms with van der Waals surface area (Å²) in [5, 5.41) is 0. The van der Waals surface area contributed by atoms with E-state index in [-0.39, 0.29) is 5.60 Å². The van der Waals surface area contributed by atoms with E-state index in [1.54, 1.807) is 48.5 Å². The van der Waals surface area contributed by atoms with E-state index in [1.807, 2.05) is 0 Å². The van der Waals surface area contributed by atoms with Gasteiger partial charge in [0.25, 0.3) is 0 Å². The third-order valence-corrected chi connectivity index (χ3v) is 3.89. The summed E-state index contributed by atoms with van der Waals surface area (Å²) in [6.07, 6.45) is -0.278. The average Bonchev–Trinajstić information content (AvgIpc) is 2.66. The molecule has 0 saturated carbocycles. The van der Waals surface area contributed by atoms with Crippen molar-refractivity contribution < 1.29 is 28.4 Å². The second kappa shape index (κ2) is 5.70. The minimum atomic E-state index is -3.16. The van der Waals surface area contributed by atoms with E-state index in [2.05, 4.69) is 0 Å². The van der Waals surface area contributed by atoms with Crippen LogP contribution in [0.25, 0.3) is 0 Å². The summed E-state index contributed by atoms with van der Waals surface area (Å²) >= 11 is 0. The smallest absolute Gasteiger partial charge is 0.443 e. The molecular weight excluding hydrogens is 295 g/mol. The third-order valence-electron chi connectivity index (χ3n) is 3.89. The summed E-state index contributed by atoms with van der Waals surface area (Å²) in [6.45, 7) is 2.33. The van der Waals surface area contributed by atoms with Gasteiger partial charge in [0, 0.05) is 30.3 Å². The van der Waals surface area contributed by atoms with E-state index in [0.29, 0.717) is 9.80 Å². The minimum absolute atomic E-state index is 0.295. The quantitative estimate of drug-likeness (QED) is 0.692. The Balaban J connectivity index is 2.66. The van der Waals surface area contributed by atoms with Crippen LogP contribution in [0.2, 0.25) is 0 Å². The van der Waals surface area contributed by atoms with Gasteiger partial charge in [-0.2, -0.15) is 0 Å². The topological polar surface area (TPSA) is 51.2 Å². The summed E-state index contributed by atoms with van der Waals surface area (Å²) in [6, 6.07) is 0. The predicted molar refractivity (Wildman–Crippen MR) is 89.7 cm³/mol. The lowest BCUT2D eigenvalue weighted by molar-refractivity contribution is 0.00578. The number of carbonyl (C=O) groups excluding carboxylic acids is 1. The highest BCUT2D eigenvalue weighted by molar-refractivity contribution is 6.54. The van der Waals surface area contributed by atoms with Crippen LogP contribution in [0.4, 0.5) is 4.79 Å². The van der Waals surface area contributed by atoms with Gasteiger partial charge in [0.2, 0.25) is 0 Å². The van der Waals surface area contributed by atoms with Crippen molar-refractivity contribution in [3.8, 4) is 0 Å². The van der Waals surface area contributed by atoms with Crippen LogP contribution in [0.3, 0.4) is 0 Å². The van der Waals surface area contributed by atoms with E-state index in [1.165, 1.54) is 0 Å². The second-order valence-corrected chi connectivity index (χ2v) is 7.55. The number of ether oxygens (including phenoxy) is 1. The van der Waals surface area contributed by atoms with Crippen LogP contribution < -0.4 is 0 Å². The number of amides is 1. The molecule has 0 radical (unpaired) electrons. The molecule has 7 heteroatoms. The number of carbonyl (C=O) groups is 1. The first-order valence-electron chi connectivity index (χ1n) is 10.9. The Morgan fingerprint density at radius 3 is 2.35 bits per heavy atom. The largest absolute Gasteiger partial charge is 0.513 e. The summed E-state index contributed by atoms with van der Waals surface area (Å²) in [5.74, 6) is 0. The molecule has 0 aromatic heterocycles. The standard InChI is InChI=1S/C16H29BN2O4/c1-14(2,3)21-13(20)19-10-9-18(8)12(11-19)17-22-15(4,5)16(6,7)23-17/h11H,9-10H2,1-8H3/i8D3,9D2,10D2. The molecule has 0 spiro atoms. The highest BCUT2D eigenvalue weighted by Crippen LogP contribution is 2.39. The SMILES string of the molecule is [2H]C([2H])([2H])N1C(B2OC(C)(C)C(C)(C)O2)=CN(C(=O)OC(C)(C)C)C([2H])([2H])C1([2H])[2H]. The van der Waals surface area contributed by atoms with Gasteiger partial charge in [-0.3, -0.25) is 4.90 Å². The van der Waals surface area contributed by atoms with E-state index in [0.717, 1.165) is 6.20 Å². The van der Waals surface area contributed by atoms with E-state index >= 15 is 0 Å². The Morgan fingerprint density at radius 1 is 1.30 bits per heavy atom. The molecule has 2 aliphatic rings. The highest BCUT2D eigenvalue weighted by Gasteiger charge is 2.53. The van der Waals surface area contributed by atoms with E-state index < -0.39 is 50.0 Å². The molecule has 0 aliphatic carbocycles. The lowest BCUT2D eigenvalue weighted by Gasteiger charge is -2.34. The minimum Gasteiger partial charge on any atom is -0.443 e. The van der Waals surface area contributed by atoms with Crippen LogP contribution in [0.1, 0.15) is 58.1 Å². The van der Waals surface area contributed by atoms with E-state index in [9.17, 15) is 4.79 Å². The van der Waals surface area contributed by atoms with Crippen molar-refractivity contribution >= 4 is 13.2 Å². The molecule has 1 amide bonds. The normalized spacial score (nSPS) is 33.3. The van der Waals surface area contributed by atoms with Crippen molar-refractivity contribution in [3.05, 3.63) is 11.8 Å². The zero-order valence-electron chi connectivity index (χ0n) is 21.7. The summed E-state index contributed by atoms with van der Waals surface area (Å²) < 4.78 is 73.6. The Hall–Kier alpha value is -1.21. The van der Waals surface area contributed by atoms with Crippen molar-refractivity contribution in [1.82, 2.24) is 9.80 Å². The number of likely N-dealkylation sites (N-methyl/N-ethyl adjacent to an activating group) is 1. The van der Waals surface area contributed by atoms with Crippen LogP contribution in [0.5, 0.6) is 0 Å². The number of hydrogen-bond donors (Lipinski definition) is 0. The summed E-state index contributed by atoms with van der Waals surface area (Å²) in [4.78, 5) is 13.4. The lowest BCUT2D eigenvalue weighted by atomic mass is 9.83. The van der Waals surface area contributed by atoms with Gasteiger partial charge in [-0.25, -0.2) is 4.79 Å². The molecule has 6 nitrogen and oxygen atoms in total. The first-order valence-corrected chi connectivity index (χ1v) is 7.45. The molecule has 2 rings (SSSR count). The Labute approximate surface area is 149 Å². The van der Waals surface area contributed by atoms with Crippen LogP contribution in [-0.4, -0.2) is 59.8 Å². The number of hydrogen-bond acceptors (Lipinski definition) is 5. The summed E-state index contributed by atoms with van der Waals surface area (Å²) in [7, 11) is -1.36. The number of nitrogens with zero attached hydrogens (tertiary/aromatic N) is 2. The molecule has 0 aromatic rings. The van der Waals surface area contributed by atoms with Gasteiger partial charge >= 0.3 is 13.2 Å². The fourth-order valence-corrected chi connectivity index (χ4v) is 1.93. The van der Waals surface area contributed by atoms with Gasteiger partial charge < -0.3 is 18.9 Å². The van der Waals surface area contributed by atoms with Crippen LogP contribution in [0.15, 0.2) is 11.8 Å². The zero-order chi connectivity index (χ0) is 23.7. The van der Waals surface area contributed by atoms with E-state index in [4.69, 9.17) is 23.6 Å².